The summed E-state index contributed by atoms with van der Waals surface area (Å²) in [6.45, 7) is 0.781. The normalized spacial score (nSPS) is 29.2. The first-order chi connectivity index (χ1) is 9.15. The lowest BCUT2D eigenvalue weighted by Crippen LogP contribution is -2.47. The zero-order valence-corrected chi connectivity index (χ0v) is 12.8. The predicted octanol–water partition coefficient (Wildman–Crippen LogP) is 3.59. The van der Waals surface area contributed by atoms with Crippen molar-refractivity contribution in [1.29, 1.82) is 0 Å². The predicted molar refractivity (Wildman–Crippen MR) is 81.3 cm³/mol. The fourth-order valence-electron chi connectivity index (χ4n) is 3.36. The molecule has 2 nitrogen and oxygen atoms in total. The molecule has 0 atom stereocenters. The van der Waals surface area contributed by atoms with Crippen LogP contribution in [0.5, 0.6) is 0 Å². The van der Waals surface area contributed by atoms with Crippen LogP contribution in [0, 0.1) is 0 Å². The van der Waals surface area contributed by atoms with Crippen molar-refractivity contribution >= 4 is 15.9 Å². The average Bonchev–Trinajstić information content (AvgIpc) is 2.74. The highest BCUT2D eigenvalue weighted by atomic mass is 79.9. The average molecular weight is 324 g/mol. The lowest BCUT2D eigenvalue weighted by molar-refractivity contribution is 0.0405. The van der Waals surface area contributed by atoms with Gasteiger partial charge in [0.05, 0.1) is 5.60 Å². The second-order valence-electron chi connectivity index (χ2n) is 6.23. The minimum absolute atomic E-state index is 0.416. The molecule has 0 amide bonds. The monoisotopic (exact) mass is 323 g/mol. The zero-order chi connectivity index (χ0) is 13.3. The molecule has 3 heteroatoms. The second-order valence-corrected chi connectivity index (χ2v) is 7.15. The molecule has 0 heterocycles. The van der Waals surface area contributed by atoms with Gasteiger partial charge in [0.1, 0.15) is 0 Å². The summed E-state index contributed by atoms with van der Waals surface area (Å²) in [6, 6.07) is 9.23. The first kappa shape index (κ1) is 13.6. The Bertz CT molecular complexity index is 436. The van der Waals surface area contributed by atoms with Gasteiger partial charge < -0.3 is 10.4 Å². The Morgan fingerprint density at radius 2 is 2.00 bits per heavy atom. The Hall–Kier alpha value is -0.380. The van der Waals surface area contributed by atoms with Crippen molar-refractivity contribution in [1.82, 2.24) is 5.32 Å². The Balaban J connectivity index is 1.45. The van der Waals surface area contributed by atoms with Crippen LogP contribution in [0.25, 0.3) is 0 Å². The highest BCUT2D eigenvalue weighted by Gasteiger charge is 2.35. The number of benzene rings is 1. The van der Waals surface area contributed by atoms with Gasteiger partial charge in [0.2, 0.25) is 0 Å². The Morgan fingerprint density at radius 1 is 1.26 bits per heavy atom. The molecule has 3 rings (SSSR count). The minimum Gasteiger partial charge on any atom is -0.389 e. The summed E-state index contributed by atoms with van der Waals surface area (Å²) in [6.07, 6.45) is 6.72. The molecule has 2 fully saturated rings. The van der Waals surface area contributed by atoms with Crippen molar-refractivity contribution in [3.8, 4) is 0 Å². The van der Waals surface area contributed by atoms with Gasteiger partial charge in [0, 0.05) is 17.1 Å². The van der Waals surface area contributed by atoms with Crippen molar-refractivity contribution in [3.05, 3.63) is 34.3 Å². The van der Waals surface area contributed by atoms with Crippen LogP contribution < -0.4 is 5.32 Å². The van der Waals surface area contributed by atoms with E-state index in [1.54, 1.807) is 0 Å². The summed E-state index contributed by atoms with van der Waals surface area (Å²) in [4.78, 5) is 0. The zero-order valence-electron chi connectivity index (χ0n) is 11.2. The van der Waals surface area contributed by atoms with E-state index in [1.165, 1.54) is 35.7 Å². The molecule has 2 aliphatic carbocycles. The largest absolute Gasteiger partial charge is 0.389 e. The summed E-state index contributed by atoms with van der Waals surface area (Å²) >= 11 is 3.53. The number of nitrogens with one attached hydrogen (secondary N) is 1. The van der Waals surface area contributed by atoms with Crippen molar-refractivity contribution in [2.75, 3.05) is 6.54 Å². The number of hydrogen-bond donors (Lipinski definition) is 2. The molecule has 0 aliphatic heterocycles. The molecule has 0 radical (unpaired) electrons. The summed E-state index contributed by atoms with van der Waals surface area (Å²) in [5, 5.41) is 13.9. The van der Waals surface area contributed by atoms with Crippen LogP contribution in [-0.4, -0.2) is 23.3 Å². The van der Waals surface area contributed by atoms with Gasteiger partial charge in [-0.25, -0.2) is 0 Å². The summed E-state index contributed by atoms with van der Waals surface area (Å²) in [7, 11) is 0. The molecule has 2 saturated carbocycles. The van der Waals surface area contributed by atoms with Crippen LogP contribution >= 0.6 is 15.9 Å². The lowest BCUT2D eigenvalue weighted by atomic mass is 9.75. The maximum atomic E-state index is 10.3. The summed E-state index contributed by atoms with van der Waals surface area (Å²) in [5.41, 5.74) is 1.02. The molecule has 104 valence electrons. The molecule has 0 aromatic heterocycles. The van der Waals surface area contributed by atoms with Gasteiger partial charge in [0.15, 0.2) is 0 Å². The number of aliphatic hydroxyl groups is 1. The topological polar surface area (TPSA) is 32.3 Å². The number of hydrogen-bond acceptors (Lipinski definition) is 2. The summed E-state index contributed by atoms with van der Waals surface area (Å²) < 4.78 is 1.17. The molecule has 0 bridgehead atoms. The number of halogens is 1. The molecule has 2 aliphatic rings. The van der Waals surface area contributed by atoms with E-state index in [1.807, 2.05) is 0 Å². The molecular formula is C16H22BrNO. The standard InChI is InChI=1S/C16H22BrNO/c17-14-5-3-4-12(8-14)13-9-15(10-13)18-11-16(19)6-1-2-7-16/h3-5,8,13,15,18-19H,1-2,6-7,9-11H2. The SMILES string of the molecule is OC1(CNC2CC(c3cccc(Br)c3)C2)CCCC1. The molecular weight excluding hydrogens is 302 g/mol. The Kier molecular flexibility index (Phi) is 3.97. The smallest absolute Gasteiger partial charge is 0.0771 e. The van der Waals surface area contributed by atoms with E-state index in [4.69, 9.17) is 0 Å². The van der Waals surface area contributed by atoms with Crippen LogP contribution in [0.3, 0.4) is 0 Å². The van der Waals surface area contributed by atoms with Crippen molar-refractivity contribution in [3.63, 3.8) is 0 Å². The fourth-order valence-corrected chi connectivity index (χ4v) is 3.78. The van der Waals surface area contributed by atoms with Crippen LogP contribution in [0.4, 0.5) is 0 Å². The van der Waals surface area contributed by atoms with E-state index >= 15 is 0 Å². The fraction of sp³-hybridized carbons (Fsp3) is 0.625. The van der Waals surface area contributed by atoms with E-state index in [-0.39, 0.29) is 0 Å². The third kappa shape index (κ3) is 3.21. The van der Waals surface area contributed by atoms with Gasteiger partial charge in [-0.3, -0.25) is 0 Å². The quantitative estimate of drug-likeness (QED) is 0.887. The van der Waals surface area contributed by atoms with Crippen molar-refractivity contribution in [2.24, 2.45) is 0 Å². The van der Waals surface area contributed by atoms with E-state index < -0.39 is 5.60 Å². The third-order valence-electron chi connectivity index (χ3n) is 4.71. The second kappa shape index (κ2) is 5.55. The van der Waals surface area contributed by atoms with Gasteiger partial charge in [-0.2, -0.15) is 0 Å². The molecule has 0 unspecified atom stereocenters. The van der Waals surface area contributed by atoms with Crippen LogP contribution in [0.15, 0.2) is 28.7 Å². The lowest BCUT2D eigenvalue weighted by Gasteiger charge is -2.38. The molecule has 19 heavy (non-hydrogen) atoms. The van der Waals surface area contributed by atoms with Gasteiger partial charge in [-0.1, -0.05) is 40.9 Å². The van der Waals surface area contributed by atoms with Crippen LogP contribution in [0.1, 0.15) is 50.0 Å². The third-order valence-corrected chi connectivity index (χ3v) is 5.21. The highest BCUT2D eigenvalue weighted by Crippen LogP contribution is 2.38. The van der Waals surface area contributed by atoms with Crippen molar-refractivity contribution in [2.45, 2.75) is 56.1 Å². The molecule has 0 spiro atoms. The van der Waals surface area contributed by atoms with Gasteiger partial charge in [-0.15, -0.1) is 0 Å². The van der Waals surface area contributed by atoms with Gasteiger partial charge >= 0.3 is 0 Å². The van der Waals surface area contributed by atoms with Gasteiger partial charge in [-0.05, 0) is 49.3 Å². The maximum Gasteiger partial charge on any atom is 0.0771 e. The summed E-state index contributed by atoms with van der Waals surface area (Å²) in [5.74, 6) is 0.688. The van der Waals surface area contributed by atoms with Crippen molar-refractivity contribution < 1.29 is 5.11 Å². The first-order valence-electron chi connectivity index (χ1n) is 7.36. The first-order valence-corrected chi connectivity index (χ1v) is 8.15. The Labute approximate surface area is 123 Å². The van der Waals surface area contributed by atoms with E-state index in [2.05, 4.69) is 45.5 Å². The van der Waals surface area contributed by atoms with E-state index in [9.17, 15) is 5.11 Å². The van der Waals surface area contributed by atoms with Crippen LogP contribution in [-0.2, 0) is 0 Å². The minimum atomic E-state index is -0.416. The number of rotatable bonds is 4. The van der Waals surface area contributed by atoms with E-state index in [0.717, 1.165) is 19.4 Å². The van der Waals surface area contributed by atoms with E-state index in [0.29, 0.717) is 12.0 Å². The van der Waals surface area contributed by atoms with Gasteiger partial charge in [0.25, 0.3) is 0 Å². The Morgan fingerprint density at radius 3 is 2.68 bits per heavy atom. The molecule has 2 N–H and O–H groups in total. The maximum absolute atomic E-state index is 10.3. The molecule has 0 saturated heterocycles. The highest BCUT2D eigenvalue weighted by molar-refractivity contribution is 9.10. The molecule has 1 aromatic rings. The molecule has 1 aromatic carbocycles. The van der Waals surface area contributed by atoms with Crippen LogP contribution in [0.2, 0.25) is 0 Å².